The van der Waals surface area contributed by atoms with Gasteiger partial charge in [-0.05, 0) is 67.6 Å². The van der Waals surface area contributed by atoms with Crippen LogP contribution >= 0.6 is 11.8 Å². The summed E-state index contributed by atoms with van der Waals surface area (Å²) in [7, 11) is 1.70. The number of aryl methyl sites for hydroxylation is 2. The largest absolute Gasteiger partial charge is 0.496 e. The Bertz CT molecular complexity index is 753. The zero-order chi connectivity index (χ0) is 19.3. The van der Waals surface area contributed by atoms with Crippen LogP contribution < -0.4 is 10.1 Å². The number of nitrogens with one attached hydrogen (secondary N) is 1. The van der Waals surface area contributed by atoms with Gasteiger partial charge >= 0.3 is 0 Å². The molecule has 2 aromatic rings. The fourth-order valence-corrected chi connectivity index (χ4v) is 3.66. The average Bonchev–Trinajstić information content (AvgIpc) is 2.60. The molecule has 2 rings (SSSR count). The molecule has 26 heavy (non-hydrogen) atoms. The highest BCUT2D eigenvalue weighted by Gasteiger charge is 2.17. The molecular weight excluding hydrogens is 342 g/mol. The van der Waals surface area contributed by atoms with Crippen molar-refractivity contribution in [2.24, 2.45) is 0 Å². The van der Waals surface area contributed by atoms with Gasteiger partial charge in [-0.2, -0.15) is 0 Å². The zero-order valence-electron chi connectivity index (χ0n) is 16.6. The lowest BCUT2D eigenvalue weighted by Crippen LogP contribution is -2.28. The van der Waals surface area contributed by atoms with Gasteiger partial charge < -0.3 is 10.1 Å². The summed E-state index contributed by atoms with van der Waals surface area (Å²) in [6, 6.07) is 12.4. The number of thioether (sulfide) groups is 1. The van der Waals surface area contributed by atoms with Gasteiger partial charge in [0.05, 0.1) is 18.9 Å². The molecule has 3 nitrogen and oxygen atoms in total. The summed E-state index contributed by atoms with van der Waals surface area (Å²) in [6.45, 7) is 10.5. The van der Waals surface area contributed by atoms with Crippen molar-refractivity contribution < 1.29 is 9.53 Å². The van der Waals surface area contributed by atoms with Crippen molar-refractivity contribution >= 4 is 17.7 Å². The first-order chi connectivity index (χ1) is 12.3. The van der Waals surface area contributed by atoms with Crippen LogP contribution in [-0.4, -0.2) is 18.8 Å². The predicted octanol–water partition coefficient (Wildman–Crippen LogP) is 5.40. The highest BCUT2D eigenvalue weighted by atomic mass is 32.2. The van der Waals surface area contributed by atoms with Crippen molar-refractivity contribution in [2.75, 3.05) is 12.9 Å². The molecule has 0 radical (unpaired) electrons. The van der Waals surface area contributed by atoms with Crippen molar-refractivity contribution in [2.45, 2.75) is 51.5 Å². The smallest absolute Gasteiger partial charge is 0.230 e. The molecule has 140 valence electrons. The molecule has 0 fully saturated rings. The number of amides is 1. The van der Waals surface area contributed by atoms with Crippen LogP contribution in [-0.2, 0) is 4.79 Å². The molecule has 0 aliphatic carbocycles. The average molecular weight is 372 g/mol. The van der Waals surface area contributed by atoms with Gasteiger partial charge in [0, 0.05) is 4.90 Å². The fraction of sp³-hybridized carbons (Fsp3) is 0.409. The van der Waals surface area contributed by atoms with Gasteiger partial charge in [-0.25, -0.2) is 0 Å². The highest BCUT2D eigenvalue weighted by molar-refractivity contribution is 8.00. The summed E-state index contributed by atoms with van der Waals surface area (Å²) in [4.78, 5) is 13.5. The number of hydrogen-bond acceptors (Lipinski definition) is 3. The van der Waals surface area contributed by atoms with Crippen LogP contribution in [0.4, 0.5) is 0 Å². The quantitative estimate of drug-likeness (QED) is 0.662. The first kappa shape index (κ1) is 20.4. The second-order valence-corrected chi connectivity index (χ2v) is 8.05. The third kappa shape index (κ3) is 5.28. The summed E-state index contributed by atoms with van der Waals surface area (Å²) < 4.78 is 5.51. The fourth-order valence-electron chi connectivity index (χ4n) is 2.95. The first-order valence-corrected chi connectivity index (χ1v) is 9.97. The Balaban J connectivity index is 2.04. The lowest BCUT2D eigenvalue weighted by Gasteiger charge is -2.21. The molecule has 4 heteroatoms. The summed E-state index contributed by atoms with van der Waals surface area (Å²) in [5, 5.41) is 3.12. The first-order valence-electron chi connectivity index (χ1n) is 8.99. The Morgan fingerprint density at radius 2 is 1.73 bits per heavy atom. The molecule has 0 aliphatic heterocycles. The van der Waals surface area contributed by atoms with Crippen molar-refractivity contribution in [3.63, 3.8) is 0 Å². The third-order valence-electron chi connectivity index (χ3n) is 4.48. The standard InChI is InChI=1S/C22H29NO2S/c1-14(2)19-12-20(16(4)11-21(19)25-6)17(5)23-22(24)13-26-18-9-7-15(3)8-10-18/h7-12,14,17H,13H2,1-6H3,(H,23,24). The molecule has 0 spiro atoms. The van der Waals surface area contributed by atoms with Gasteiger partial charge in [-0.3, -0.25) is 4.79 Å². The van der Waals surface area contributed by atoms with Gasteiger partial charge in [-0.1, -0.05) is 31.5 Å². The number of carbonyl (C=O) groups excluding carboxylic acids is 1. The number of carbonyl (C=O) groups is 1. The molecule has 1 amide bonds. The van der Waals surface area contributed by atoms with Crippen LogP contribution in [0.15, 0.2) is 41.3 Å². The lowest BCUT2D eigenvalue weighted by molar-refractivity contribution is -0.119. The summed E-state index contributed by atoms with van der Waals surface area (Å²) in [5.41, 5.74) is 4.67. The summed E-state index contributed by atoms with van der Waals surface area (Å²) in [6.07, 6.45) is 0. The molecule has 2 aromatic carbocycles. The van der Waals surface area contributed by atoms with Crippen LogP contribution in [0.3, 0.4) is 0 Å². The van der Waals surface area contributed by atoms with E-state index in [2.05, 4.69) is 69.4 Å². The highest BCUT2D eigenvalue weighted by Crippen LogP contribution is 2.32. The van der Waals surface area contributed by atoms with Crippen molar-refractivity contribution in [3.8, 4) is 5.75 Å². The Labute approximate surface area is 161 Å². The van der Waals surface area contributed by atoms with Crippen LogP contribution in [0.25, 0.3) is 0 Å². The summed E-state index contributed by atoms with van der Waals surface area (Å²) in [5.74, 6) is 1.74. The SMILES string of the molecule is COc1cc(C)c(C(C)NC(=O)CSc2ccc(C)cc2)cc1C(C)C. The number of ether oxygens (including phenoxy) is 1. The van der Waals surface area contributed by atoms with E-state index in [4.69, 9.17) is 4.74 Å². The Kier molecular flexibility index (Phi) is 7.15. The van der Waals surface area contributed by atoms with E-state index in [-0.39, 0.29) is 11.9 Å². The van der Waals surface area contributed by atoms with Crippen molar-refractivity contribution in [3.05, 3.63) is 58.7 Å². The minimum absolute atomic E-state index is 0.0375. The van der Waals surface area contributed by atoms with Gasteiger partial charge in [-0.15, -0.1) is 11.8 Å². The molecule has 0 saturated heterocycles. The maximum absolute atomic E-state index is 12.4. The number of hydrogen-bond donors (Lipinski definition) is 1. The lowest BCUT2D eigenvalue weighted by atomic mass is 9.93. The zero-order valence-corrected chi connectivity index (χ0v) is 17.4. The molecule has 1 atom stereocenters. The van der Waals surface area contributed by atoms with Gasteiger partial charge in [0.25, 0.3) is 0 Å². The maximum atomic E-state index is 12.4. The van der Waals surface area contributed by atoms with Crippen LogP contribution in [0.2, 0.25) is 0 Å². The second-order valence-electron chi connectivity index (χ2n) is 7.00. The topological polar surface area (TPSA) is 38.3 Å². The molecule has 0 saturated carbocycles. The molecule has 0 aliphatic rings. The second kappa shape index (κ2) is 9.13. The summed E-state index contributed by atoms with van der Waals surface area (Å²) >= 11 is 1.56. The van der Waals surface area contributed by atoms with Crippen molar-refractivity contribution in [1.29, 1.82) is 0 Å². The number of methoxy groups -OCH3 is 1. The Morgan fingerprint density at radius 1 is 1.08 bits per heavy atom. The van der Waals surface area contributed by atoms with Gasteiger partial charge in [0.2, 0.25) is 5.91 Å². The maximum Gasteiger partial charge on any atom is 0.230 e. The van der Waals surface area contributed by atoms with E-state index in [1.807, 2.05) is 6.92 Å². The van der Waals surface area contributed by atoms with E-state index in [1.165, 1.54) is 11.1 Å². The third-order valence-corrected chi connectivity index (χ3v) is 5.49. The van der Waals surface area contributed by atoms with Gasteiger partial charge in [0.1, 0.15) is 5.75 Å². The molecule has 1 unspecified atom stereocenters. The minimum Gasteiger partial charge on any atom is -0.496 e. The van der Waals surface area contributed by atoms with E-state index in [0.29, 0.717) is 11.7 Å². The molecule has 0 aromatic heterocycles. The number of benzene rings is 2. The van der Waals surface area contributed by atoms with Crippen LogP contribution in [0.5, 0.6) is 5.75 Å². The molecule has 0 bridgehead atoms. The number of rotatable bonds is 7. The van der Waals surface area contributed by atoms with Crippen LogP contribution in [0, 0.1) is 13.8 Å². The van der Waals surface area contributed by atoms with Crippen molar-refractivity contribution in [1.82, 2.24) is 5.32 Å². The minimum atomic E-state index is -0.0375. The van der Waals surface area contributed by atoms with E-state index >= 15 is 0 Å². The van der Waals surface area contributed by atoms with E-state index in [1.54, 1.807) is 18.9 Å². The van der Waals surface area contributed by atoms with Crippen LogP contribution in [0.1, 0.15) is 55.0 Å². The normalized spacial score (nSPS) is 12.1. The molecule has 1 N–H and O–H groups in total. The monoisotopic (exact) mass is 371 g/mol. The Morgan fingerprint density at radius 3 is 2.31 bits per heavy atom. The predicted molar refractivity (Wildman–Crippen MR) is 110 cm³/mol. The van der Waals surface area contributed by atoms with E-state index in [0.717, 1.165) is 21.8 Å². The van der Waals surface area contributed by atoms with E-state index < -0.39 is 0 Å². The molecular formula is C22H29NO2S. The Hall–Kier alpha value is -1.94. The van der Waals surface area contributed by atoms with E-state index in [9.17, 15) is 4.79 Å². The van der Waals surface area contributed by atoms with Gasteiger partial charge in [0.15, 0.2) is 0 Å². The molecule has 0 heterocycles.